The summed E-state index contributed by atoms with van der Waals surface area (Å²) in [7, 11) is 0. The third-order valence-corrected chi connectivity index (χ3v) is 5.15. The van der Waals surface area contributed by atoms with Crippen molar-refractivity contribution >= 4 is 29.9 Å². The minimum Gasteiger partial charge on any atom is -0.474 e. The van der Waals surface area contributed by atoms with Gasteiger partial charge in [-0.25, -0.2) is 9.98 Å². The third kappa shape index (κ3) is 7.43. The van der Waals surface area contributed by atoms with Gasteiger partial charge in [0.2, 0.25) is 5.88 Å². The first-order valence-electron chi connectivity index (χ1n) is 10.5. The fourth-order valence-electron chi connectivity index (χ4n) is 3.42. The second-order valence-corrected chi connectivity index (χ2v) is 7.72. The second kappa shape index (κ2) is 12.1. The zero-order chi connectivity index (χ0) is 20.5. The number of aliphatic hydroxyl groups is 1. The van der Waals surface area contributed by atoms with Crippen LogP contribution < -0.4 is 15.4 Å². The summed E-state index contributed by atoms with van der Waals surface area (Å²) >= 11 is 0. The molecule has 2 aromatic rings. The summed E-state index contributed by atoms with van der Waals surface area (Å²) in [5.41, 5.74) is 0.888. The van der Waals surface area contributed by atoms with Crippen LogP contribution in [0.3, 0.4) is 0 Å². The number of halogens is 1. The standard InChI is InChI=1S/C23H32N4O2.HI/c1-3-24-22(27-17-23(2,28)19-9-5-4-6-10-19)26-16-18-13-14-21(25-15-18)29-20-11-7-8-12-20;/h4-6,9-10,13-15,20,28H,3,7-8,11-12,16-17H2,1-2H3,(H2,24,26,27);1H. The number of aromatic nitrogens is 1. The molecule has 30 heavy (non-hydrogen) atoms. The molecule has 1 aromatic carbocycles. The van der Waals surface area contributed by atoms with Gasteiger partial charge in [-0.1, -0.05) is 36.4 Å². The van der Waals surface area contributed by atoms with Crippen LogP contribution in [0.5, 0.6) is 5.88 Å². The van der Waals surface area contributed by atoms with E-state index in [-0.39, 0.29) is 24.0 Å². The average molecular weight is 524 g/mol. The first-order valence-corrected chi connectivity index (χ1v) is 10.5. The van der Waals surface area contributed by atoms with Crippen LogP contribution in [0.2, 0.25) is 0 Å². The van der Waals surface area contributed by atoms with E-state index >= 15 is 0 Å². The SMILES string of the molecule is CCNC(=NCc1ccc(OC2CCCC2)nc1)NCC(C)(O)c1ccccc1.I. The first kappa shape index (κ1) is 24.4. The molecule has 0 saturated heterocycles. The number of nitrogens with zero attached hydrogens (tertiary/aromatic N) is 2. The fraction of sp³-hybridized carbons (Fsp3) is 0.478. The van der Waals surface area contributed by atoms with Gasteiger partial charge in [0.05, 0.1) is 13.1 Å². The Bertz CT molecular complexity index is 776. The van der Waals surface area contributed by atoms with Crippen molar-refractivity contribution in [3.8, 4) is 5.88 Å². The van der Waals surface area contributed by atoms with Gasteiger partial charge in [-0.05, 0) is 50.7 Å². The van der Waals surface area contributed by atoms with Gasteiger partial charge in [-0.15, -0.1) is 24.0 Å². The molecule has 164 valence electrons. The molecule has 1 atom stereocenters. The Kier molecular flexibility index (Phi) is 9.84. The Morgan fingerprint density at radius 1 is 1.17 bits per heavy atom. The molecule has 0 radical (unpaired) electrons. The van der Waals surface area contributed by atoms with Gasteiger partial charge < -0.3 is 20.5 Å². The molecule has 0 bridgehead atoms. The smallest absolute Gasteiger partial charge is 0.213 e. The lowest BCUT2D eigenvalue weighted by molar-refractivity contribution is 0.0617. The van der Waals surface area contributed by atoms with Gasteiger partial charge in [-0.3, -0.25) is 0 Å². The maximum Gasteiger partial charge on any atom is 0.213 e. The lowest BCUT2D eigenvalue weighted by Crippen LogP contribution is -2.44. The molecule has 3 N–H and O–H groups in total. The van der Waals surface area contributed by atoms with Gasteiger partial charge in [0.1, 0.15) is 11.7 Å². The number of guanidine groups is 1. The molecule has 1 aromatic heterocycles. The summed E-state index contributed by atoms with van der Waals surface area (Å²) < 4.78 is 5.91. The number of benzene rings is 1. The van der Waals surface area contributed by atoms with Crippen LogP contribution >= 0.6 is 24.0 Å². The quantitative estimate of drug-likeness (QED) is 0.277. The molecular formula is C23H33IN4O2. The van der Waals surface area contributed by atoms with Crippen molar-refractivity contribution < 1.29 is 9.84 Å². The number of hydrogen-bond acceptors (Lipinski definition) is 4. The molecule has 0 amide bonds. The molecule has 0 aliphatic heterocycles. The van der Waals surface area contributed by atoms with Crippen molar-refractivity contribution in [3.63, 3.8) is 0 Å². The van der Waals surface area contributed by atoms with Gasteiger partial charge in [0.25, 0.3) is 0 Å². The number of rotatable bonds is 8. The van der Waals surface area contributed by atoms with E-state index < -0.39 is 5.60 Å². The summed E-state index contributed by atoms with van der Waals surface area (Å²) in [5, 5.41) is 17.2. The second-order valence-electron chi connectivity index (χ2n) is 7.72. The molecule has 6 nitrogen and oxygen atoms in total. The van der Waals surface area contributed by atoms with Crippen LogP contribution in [0, 0.1) is 0 Å². The highest BCUT2D eigenvalue weighted by Crippen LogP contribution is 2.23. The highest BCUT2D eigenvalue weighted by Gasteiger charge is 2.23. The van der Waals surface area contributed by atoms with Gasteiger partial charge in [0, 0.05) is 18.8 Å². The number of aliphatic imine (C=N–C) groups is 1. The molecule has 1 fully saturated rings. The monoisotopic (exact) mass is 524 g/mol. The summed E-state index contributed by atoms with van der Waals surface area (Å²) in [4.78, 5) is 9.03. The molecule has 3 rings (SSSR count). The lowest BCUT2D eigenvalue weighted by atomic mass is 9.96. The van der Waals surface area contributed by atoms with Crippen molar-refractivity contribution in [2.24, 2.45) is 4.99 Å². The normalized spacial score (nSPS) is 16.4. The van der Waals surface area contributed by atoms with Crippen molar-refractivity contribution in [2.75, 3.05) is 13.1 Å². The molecule has 1 aliphatic rings. The van der Waals surface area contributed by atoms with Gasteiger partial charge in [0.15, 0.2) is 5.96 Å². The number of hydrogen-bond donors (Lipinski definition) is 3. The first-order chi connectivity index (χ1) is 14.1. The summed E-state index contributed by atoms with van der Waals surface area (Å²) in [6.45, 7) is 5.41. The van der Waals surface area contributed by atoms with Crippen molar-refractivity contribution in [2.45, 2.75) is 57.8 Å². The van der Waals surface area contributed by atoms with Crippen molar-refractivity contribution in [1.29, 1.82) is 0 Å². The van der Waals surface area contributed by atoms with E-state index in [9.17, 15) is 5.11 Å². The third-order valence-electron chi connectivity index (χ3n) is 5.15. The van der Waals surface area contributed by atoms with Crippen molar-refractivity contribution in [3.05, 3.63) is 59.8 Å². The van der Waals surface area contributed by atoms with Crippen molar-refractivity contribution in [1.82, 2.24) is 15.6 Å². The van der Waals surface area contributed by atoms with E-state index in [2.05, 4.69) is 20.6 Å². The summed E-state index contributed by atoms with van der Waals surface area (Å²) in [6.07, 6.45) is 6.87. The topological polar surface area (TPSA) is 78.8 Å². The number of ether oxygens (including phenoxy) is 1. The summed E-state index contributed by atoms with van der Waals surface area (Å²) in [6, 6.07) is 13.6. The molecule has 1 saturated carbocycles. The van der Waals surface area contributed by atoms with E-state index in [0.717, 1.165) is 30.5 Å². The number of nitrogens with one attached hydrogen (secondary N) is 2. The van der Waals surface area contributed by atoms with Gasteiger partial charge >= 0.3 is 0 Å². The Hall–Kier alpha value is -1.87. The fourth-order valence-corrected chi connectivity index (χ4v) is 3.42. The van der Waals surface area contributed by atoms with Crippen LogP contribution in [0.15, 0.2) is 53.7 Å². The van der Waals surface area contributed by atoms with Crippen LogP contribution in [0.4, 0.5) is 0 Å². The summed E-state index contributed by atoms with van der Waals surface area (Å²) in [5.74, 6) is 1.35. The Morgan fingerprint density at radius 2 is 1.90 bits per heavy atom. The minimum absolute atomic E-state index is 0. The van der Waals surface area contributed by atoms with Gasteiger partial charge in [-0.2, -0.15) is 0 Å². The lowest BCUT2D eigenvalue weighted by Gasteiger charge is -2.25. The van der Waals surface area contributed by atoms with Crippen LogP contribution in [0.25, 0.3) is 0 Å². The number of pyridine rings is 1. The van der Waals surface area contributed by atoms with Crippen LogP contribution in [0.1, 0.15) is 50.7 Å². The van der Waals surface area contributed by atoms with E-state index in [4.69, 9.17) is 4.74 Å². The zero-order valence-corrected chi connectivity index (χ0v) is 20.1. The molecule has 0 spiro atoms. The van der Waals surface area contributed by atoms with E-state index in [1.807, 2.05) is 55.6 Å². The largest absolute Gasteiger partial charge is 0.474 e. The maximum atomic E-state index is 10.8. The van der Waals surface area contributed by atoms with E-state index in [1.54, 1.807) is 6.92 Å². The highest BCUT2D eigenvalue weighted by molar-refractivity contribution is 14.0. The molecule has 1 aliphatic carbocycles. The van der Waals surface area contributed by atoms with Crippen LogP contribution in [-0.4, -0.2) is 35.2 Å². The Balaban J connectivity index is 0.00000320. The molecular weight excluding hydrogens is 491 g/mol. The predicted molar refractivity (Wildman–Crippen MR) is 131 cm³/mol. The Morgan fingerprint density at radius 3 is 2.53 bits per heavy atom. The van der Waals surface area contributed by atoms with E-state index in [0.29, 0.717) is 31.0 Å². The van der Waals surface area contributed by atoms with E-state index in [1.165, 1.54) is 12.8 Å². The highest BCUT2D eigenvalue weighted by atomic mass is 127. The molecule has 1 heterocycles. The average Bonchev–Trinajstić information content (AvgIpc) is 3.25. The molecule has 7 heteroatoms. The Labute approximate surface area is 196 Å². The molecule has 1 unspecified atom stereocenters. The van der Waals surface area contributed by atoms with Crippen LogP contribution in [-0.2, 0) is 12.1 Å². The zero-order valence-electron chi connectivity index (χ0n) is 17.8. The predicted octanol–water partition coefficient (Wildman–Crippen LogP) is 3.98. The minimum atomic E-state index is -0.988. The maximum absolute atomic E-state index is 10.8.